The van der Waals surface area contributed by atoms with Gasteiger partial charge in [0, 0.05) is 36.6 Å². The quantitative estimate of drug-likeness (QED) is 0.728. The van der Waals surface area contributed by atoms with E-state index in [0.717, 1.165) is 5.56 Å². The molecule has 0 radical (unpaired) electrons. The summed E-state index contributed by atoms with van der Waals surface area (Å²) < 4.78 is 5.57. The summed E-state index contributed by atoms with van der Waals surface area (Å²) in [6, 6.07) is 12.5. The fourth-order valence-electron chi connectivity index (χ4n) is 5.06. The number of ketones is 2. The van der Waals surface area contributed by atoms with E-state index < -0.39 is 6.10 Å². The van der Waals surface area contributed by atoms with E-state index in [-0.39, 0.29) is 35.2 Å². The Kier molecular flexibility index (Phi) is 5.48. The second-order valence-electron chi connectivity index (χ2n) is 9.03. The van der Waals surface area contributed by atoms with Crippen molar-refractivity contribution in [3.8, 4) is 5.75 Å². The Hall–Kier alpha value is -3.48. The molecule has 5 rings (SSSR count). The van der Waals surface area contributed by atoms with Gasteiger partial charge in [0.25, 0.3) is 5.91 Å². The predicted octanol–water partition coefficient (Wildman–Crippen LogP) is 3.59. The summed E-state index contributed by atoms with van der Waals surface area (Å²) in [5, 5.41) is 2.78. The number of anilines is 1. The van der Waals surface area contributed by atoms with E-state index in [4.69, 9.17) is 4.74 Å². The van der Waals surface area contributed by atoms with Crippen LogP contribution in [-0.2, 0) is 9.59 Å². The summed E-state index contributed by atoms with van der Waals surface area (Å²) in [6.07, 6.45) is 1.55. The lowest BCUT2D eigenvalue weighted by Crippen LogP contribution is -2.43. The summed E-state index contributed by atoms with van der Waals surface area (Å²) in [7, 11) is 0. The van der Waals surface area contributed by atoms with Crippen molar-refractivity contribution in [1.29, 1.82) is 0 Å². The summed E-state index contributed by atoms with van der Waals surface area (Å²) in [5.74, 6) is 0.0227. The van der Waals surface area contributed by atoms with Crippen molar-refractivity contribution in [2.75, 3.05) is 18.4 Å². The normalized spacial score (nSPS) is 22.6. The van der Waals surface area contributed by atoms with E-state index in [1.165, 1.54) is 0 Å². The van der Waals surface area contributed by atoms with E-state index >= 15 is 0 Å². The Bertz CT molecular complexity index is 1150. The van der Waals surface area contributed by atoms with Crippen LogP contribution in [0.3, 0.4) is 0 Å². The number of carbonyl (C=O) groups excluding carboxylic acids is 4. The van der Waals surface area contributed by atoms with Gasteiger partial charge < -0.3 is 15.0 Å². The predicted molar refractivity (Wildman–Crippen MR) is 122 cm³/mol. The molecule has 2 heterocycles. The largest absolute Gasteiger partial charge is 0.479 e. The SMILES string of the molecule is CC1Oc2ccc(C(=O)C3CCN(C(=O)C4CCC(=O)c5ccccc54)CC3)cc2NC1=O. The lowest BCUT2D eigenvalue weighted by molar-refractivity contribution is -0.134. The minimum absolute atomic E-state index is 0.0198. The molecule has 2 atom stereocenters. The van der Waals surface area contributed by atoms with Gasteiger partial charge in [-0.05, 0) is 49.9 Å². The molecule has 2 aliphatic heterocycles. The molecule has 170 valence electrons. The van der Waals surface area contributed by atoms with Crippen LogP contribution < -0.4 is 10.1 Å². The zero-order valence-electron chi connectivity index (χ0n) is 18.5. The van der Waals surface area contributed by atoms with Gasteiger partial charge in [-0.3, -0.25) is 19.2 Å². The van der Waals surface area contributed by atoms with E-state index in [1.54, 1.807) is 31.2 Å². The molecule has 1 N–H and O–H groups in total. The highest BCUT2D eigenvalue weighted by atomic mass is 16.5. The van der Waals surface area contributed by atoms with Crippen LogP contribution in [0.4, 0.5) is 5.69 Å². The number of nitrogens with one attached hydrogen (secondary N) is 1. The molecule has 33 heavy (non-hydrogen) atoms. The van der Waals surface area contributed by atoms with Gasteiger partial charge in [-0.25, -0.2) is 0 Å². The van der Waals surface area contributed by atoms with Crippen LogP contribution in [0.2, 0.25) is 0 Å². The molecule has 2 aromatic rings. The number of likely N-dealkylation sites (tertiary alicyclic amines) is 1. The monoisotopic (exact) mass is 446 g/mol. The summed E-state index contributed by atoms with van der Waals surface area (Å²) in [6.45, 7) is 2.71. The van der Waals surface area contributed by atoms with Crippen LogP contribution in [0.15, 0.2) is 42.5 Å². The number of fused-ring (bicyclic) bond motifs is 2. The Morgan fingerprint density at radius 2 is 1.79 bits per heavy atom. The van der Waals surface area contributed by atoms with Gasteiger partial charge in [0.15, 0.2) is 17.7 Å². The van der Waals surface area contributed by atoms with E-state index in [0.29, 0.717) is 61.3 Å². The number of benzene rings is 2. The molecule has 7 heteroatoms. The molecular weight excluding hydrogens is 420 g/mol. The number of Topliss-reactive ketones (excluding diaryl/α,β-unsaturated/α-hetero) is 2. The molecule has 0 saturated carbocycles. The van der Waals surface area contributed by atoms with Crippen molar-refractivity contribution in [2.24, 2.45) is 5.92 Å². The number of piperidine rings is 1. The Labute approximate surface area is 192 Å². The van der Waals surface area contributed by atoms with Gasteiger partial charge >= 0.3 is 0 Å². The van der Waals surface area contributed by atoms with Gasteiger partial charge in [0.2, 0.25) is 5.91 Å². The van der Waals surface area contributed by atoms with Gasteiger partial charge in [0.1, 0.15) is 5.75 Å². The van der Waals surface area contributed by atoms with Crippen molar-refractivity contribution >= 4 is 29.1 Å². The maximum Gasteiger partial charge on any atom is 0.265 e. The summed E-state index contributed by atoms with van der Waals surface area (Å²) in [4.78, 5) is 52.3. The van der Waals surface area contributed by atoms with E-state index in [9.17, 15) is 19.2 Å². The average Bonchev–Trinajstić information content (AvgIpc) is 2.84. The van der Waals surface area contributed by atoms with Gasteiger partial charge in [-0.15, -0.1) is 0 Å². The highest BCUT2D eigenvalue weighted by molar-refractivity contribution is 6.03. The fraction of sp³-hybridized carbons (Fsp3) is 0.385. The zero-order chi connectivity index (χ0) is 23.1. The molecule has 2 aromatic carbocycles. The molecule has 2 unspecified atom stereocenters. The van der Waals surface area contributed by atoms with Gasteiger partial charge in [-0.2, -0.15) is 0 Å². The highest BCUT2D eigenvalue weighted by Crippen LogP contribution is 2.35. The summed E-state index contributed by atoms with van der Waals surface area (Å²) in [5.41, 5.74) is 2.54. The molecular formula is C26H26N2O5. The molecule has 0 spiro atoms. The average molecular weight is 447 g/mol. The van der Waals surface area contributed by atoms with Crippen LogP contribution in [0.5, 0.6) is 5.75 Å². The van der Waals surface area contributed by atoms with Crippen LogP contribution in [-0.4, -0.2) is 47.5 Å². The van der Waals surface area contributed by atoms with Crippen molar-refractivity contribution in [1.82, 2.24) is 4.90 Å². The first kappa shape index (κ1) is 21.4. The maximum absolute atomic E-state index is 13.3. The second-order valence-corrected chi connectivity index (χ2v) is 9.03. The topological polar surface area (TPSA) is 92.8 Å². The molecule has 1 fully saturated rings. The van der Waals surface area contributed by atoms with Crippen LogP contribution in [0, 0.1) is 5.92 Å². The first-order valence-corrected chi connectivity index (χ1v) is 11.5. The lowest BCUT2D eigenvalue weighted by Gasteiger charge is -2.35. The lowest BCUT2D eigenvalue weighted by atomic mass is 9.80. The molecule has 7 nitrogen and oxygen atoms in total. The first-order valence-electron chi connectivity index (χ1n) is 11.5. The molecule has 2 amide bonds. The Morgan fingerprint density at radius 1 is 1.03 bits per heavy atom. The standard InChI is InChI=1S/C26H26N2O5/c1-15-25(31)27-21-14-17(6-9-23(21)33-15)24(30)16-10-12-28(13-11-16)26(32)20-7-8-22(29)19-5-3-2-4-18(19)20/h2-6,9,14-16,20H,7-8,10-13H2,1H3,(H,27,31). The van der Waals surface area contributed by atoms with Crippen molar-refractivity contribution in [2.45, 2.75) is 44.6 Å². The fourth-order valence-corrected chi connectivity index (χ4v) is 5.06. The third kappa shape index (κ3) is 3.92. The highest BCUT2D eigenvalue weighted by Gasteiger charge is 2.35. The van der Waals surface area contributed by atoms with Crippen molar-refractivity contribution in [3.05, 3.63) is 59.2 Å². The Morgan fingerprint density at radius 3 is 2.58 bits per heavy atom. The number of amides is 2. The minimum Gasteiger partial charge on any atom is -0.479 e. The van der Waals surface area contributed by atoms with Gasteiger partial charge in [0.05, 0.1) is 11.6 Å². The van der Waals surface area contributed by atoms with Crippen LogP contribution in [0.25, 0.3) is 0 Å². The number of rotatable bonds is 3. The number of ether oxygens (including phenoxy) is 1. The van der Waals surface area contributed by atoms with Crippen LogP contribution >= 0.6 is 0 Å². The van der Waals surface area contributed by atoms with E-state index in [2.05, 4.69) is 5.32 Å². The number of carbonyl (C=O) groups is 4. The molecule has 0 bridgehead atoms. The van der Waals surface area contributed by atoms with E-state index in [1.807, 2.05) is 23.1 Å². The molecule has 1 aliphatic carbocycles. The Balaban J connectivity index is 1.24. The summed E-state index contributed by atoms with van der Waals surface area (Å²) >= 11 is 0. The number of hydrogen-bond acceptors (Lipinski definition) is 5. The smallest absolute Gasteiger partial charge is 0.265 e. The zero-order valence-corrected chi connectivity index (χ0v) is 18.5. The molecule has 3 aliphatic rings. The minimum atomic E-state index is -0.560. The van der Waals surface area contributed by atoms with Gasteiger partial charge in [-0.1, -0.05) is 24.3 Å². The second kappa shape index (κ2) is 8.46. The number of nitrogens with zero attached hydrogens (tertiary/aromatic N) is 1. The van der Waals surface area contributed by atoms with Crippen molar-refractivity contribution < 1.29 is 23.9 Å². The third-order valence-corrected chi connectivity index (χ3v) is 6.97. The first-order chi connectivity index (χ1) is 15.9. The maximum atomic E-state index is 13.3. The molecule has 0 aromatic heterocycles. The van der Waals surface area contributed by atoms with Crippen molar-refractivity contribution in [3.63, 3.8) is 0 Å². The number of hydrogen-bond donors (Lipinski definition) is 1. The third-order valence-electron chi connectivity index (χ3n) is 6.97. The van der Waals surface area contributed by atoms with Crippen LogP contribution in [0.1, 0.15) is 64.8 Å². The molecule has 1 saturated heterocycles.